The van der Waals surface area contributed by atoms with Gasteiger partial charge in [0.15, 0.2) is 0 Å². The Labute approximate surface area is 113 Å². The SMILES string of the molecule is CCCN(c1ccc(CCN)c(Br)c1)C(C)C. The number of hydrogen-bond donors (Lipinski definition) is 1. The first-order valence-electron chi connectivity index (χ1n) is 6.35. The van der Waals surface area contributed by atoms with Gasteiger partial charge in [-0.25, -0.2) is 0 Å². The molecule has 0 aliphatic heterocycles. The van der Waals surface area contributed by atoms with Gasteiger partial charge in [-0.15, -0.1) is 0 Å². The monoisotopic (exact) mass is 298 g/mol. The Balaban J connectivity index is 2.93. The minimum Gasteiger partial charge on any atom is -0.369 e. The first-order chi connectivity index (χ1) is 8.10. The molecule has 0 aliphatic carbocycles. The van der Waals surface area contributed by atoms with Crippen molar-refractivity contribution >= 4 is 21.6 Å². The second-order valence-electron chi connectivity index (χ2n) is 4.60. The molecule has 0 fully saturated rings. The molecule has 0 amide bonds. The molecule has 1 aromatic rings. The first-order valence-corrected chi connectivity index (χ1v) is 7.14. The number of halogens is 1. The van der Waals surface area contributed by atoms with Crippen molar-refractivity contribution in [2.24, 2.45) is 5.73 Å². The van der Waals surface area contributed by atoms with Gasteiger partial charge in [-0.2, -0.15) is 0 Å². The predicted molar refractivity (Wildman–Crippen MR) is 79.7 cm³/mol. The summed E-state index contributed by atoms with van der Waals surface area (Å²) in [4.78, 5) is 2.43. The third-order valence-electron chi connectivity index (χ3n) is 2.87. The molecule has 0 saturated heterocycles. The fraction of sp³-hybridized carbons (Fsp3) is 0.571. The number of nitrogens with two attached hydrogens (primary N) is 1. The van der Waals surface area contributed by atoms with Crippen molar-refractivity contribution in [1.29, 1.82) is 0 Å². The highest BCUT2D eigenvalue weighted by molar-refractivity contribution is 9.10. The maximum atomic E-state index is 5.59. The molecule has 0 aromatic heterocycles. The molecule has 0 spiro atoms. The van der Waals surface area contributed by atoms with Crippen LogP contribution in [0.4, 0.5) is 5.69 Å². The minimum atomic E-state index is 0.530. The van der Waals surface area contributed by atoms with E-state index in [9.17, 15) is 0 Å². The van der Waals surface area contributed by atoms with Gasteiger partial charge in [-0.3, -0.25) is 0 Å². The van der Waals surface area contributed by atoms with Crippen molar-refractivity contribution in [1.82, 2.24) is 0 Å². The van der Waals surface area contributed by atoms with Crippen LogP contribution in [0.15, 0.2) is 22.7 Å². The van der Waals surface area contributed by atoms with E-state index in [-0.39, 0.29) is 0 Å². The molecule has 0 bridgehead atoms. The predicted octanol–water partition coefficient (Wildman–Crippen LogP) is 3.58. The summed E-state index contributed by atoms with van der Waals surface area (Å²) in [6.45, 7) is 8.48. The number of benzene rings is 1. The Morgan fingerprint density at radius 3 is 2.53 bits per heavy atom. The second-order valence-corrected chi connectivity index (χ2v) is 5.46. The third-order valence-corrected chi connectivity index (χ3v) is 3.61. The molecular weight excluding hydrogens is 276 g/mol. The summed E-state index contributed by atoms with van der Waals surface area (Å²) in [5.74, 6) is 0. The highest BCUT2D eigenvalue weighted by Crippen LogP contribution is 2.25. The van der Waals surface area contributed by atoms with Gasteiger partial charge in [0.05, 0.1) is 0 Å². The number of anilines is 1. The topological polar surface area (TPSA) is 29.3 Å². The number of hydrogen-bond acceptors (Lipinski definition) is 2. The highest BCUT2D eigenvalue weighted by atomic mass is 79.9. The minimum absolute atomic E-state index is 0.530. The van der Waals surface area contributed by atoms with Gasteiger partial charge in [0.25, 0.3) is 0 Å². The average Bonchev–Trinajstić information content (AvgIpc) is 2.28. The molecule has 3 heteroatoms. The zero-order valence-electron chi connectivity index (χ0n) is 11.0. The summed E-state index contributed by atoms with van der Waals surface area (Å²) in [5.41, 5.74) is 8.17. The fourth-order valence-electron chi connectivity index (χ4n) is 2.00. The van der Waals surface area contributed by atoms with Crippen LogP contribution in [0.3, 0.4) is 0 Å². The van der Waals surface area contributed by atoms with Gasteiger partial charge in [-0.1, -0.05) is 28.9 Å². The van der Waals surface area contributed by atoms with Gasteiger partial charge in [0.2, 0.25) is 0 Å². The molecule has 1 rings (SSSR count). The molecule has 0 heterocycles. The molecule has 0 saturated carbocycles. The summed E-state index contributed by atoms with van der Waals surface area (Å²) >= 11 is 3.63. The van der Waals surface area contributed by atoms with Gasteiger partial charge in [0, 0.05) is 22.7 Å². The molecule has 0 radical (unpaired) electrons. The summed E-state index contributed by atoms with van der Waals surface area (Å²) in [6.07, 6.45) is 2.09. The average molecular weight is 299 g/mol. The van der Waals surface area contributed by atoms with Crippen molar-refractivity contribution in [3.8, 4) is 0 Å². The van der Waals surface area contributed by atoms with Crippen molar-refractivity contribution in [2.75, 3.05) is 18.0 Å². The van der Waals surface area contributed by atoms with Crippen LogP contribution in [-0.2, 0) is 6.42 Å². The van der Waals surface area contributed by atoms with Crippen LogP contribution in [0, 0.1) is 0 Å². The van der Waals surface area contributed by atoms with Crippen LogP contribution in [0.2, 0.25) is 0 Å². The van der Waals surface area contributed by atoms with E-state index < -0.39 is 0 Å². The summed E-state index contributed by atoms with van der Waals surface area (Å²) in [6, 6.07) is 7.12. The maximum Gasteiger partial charge on any atom is 0.0380 e. The van der Waals surface area contributed by atoms with E-state index in [1.165, 1.54) is 22.1 Å². The highest BCUT2D eigenvalue weighted by Gasteiger charge is 2.10. The first kappa shape index (κ1) is 14.5. The quantitative estimate of drug-likeness (QED) is 0.870. The van der Waals surface area contributed by atoms with E-state index in [1.54, 1.807) is 0 Å². The number of nitrogens with zero attached hydrogens (tertiary/aromatic N) is 1. The van der Waals surface area contributed by atoms with Crippen LogP contribution >= 0.6 is 15.9 Å². The second kappa shape index (κ2) is 7.02. The molecule has 0 unspecified atom stereocenters. The normalized spacial score (nSPS) is 10.9. The molecule has 96 valence electrons. The van der Waals surface area contributed by atoms with Crippen molar-refractivity contribution in [2.45, 2.75) is 39.7 Å². The lowest BCUT2D eigenvalue weighted by molar-refractivity contribution is 0.671. The fourth-order valence-corrected chi connectivity index (χ4v) is 2.56. The molecular formula is C14H23BrN2. The van der Waals surface area contributed by atoms with E-state index >= 15 is 0 Å². The molecule has 17 heavy (non-hydrogen) atoms. The van der Waals surface area contributed by atoms with Crippen molar-refractivity contribution in [3.63, 3.8) is 0 Å². The lowest BCUT2D eigenvalue weighted by Crippen LogP contribution is -2.31. The maximum absolute atomic E-state index is 5.59. The zero-order valence-corrected chi connectivity index (χ0v) is 12.6. The molecule has 1 aromatic carbocycles. The lowest BCUT2D eigenvalue weighted by Gasteiger charge is -2.29. The Morgan fingerprint density at radius 2 is 2.06 bits per heavy atom. The van der Waals surface area contributed by atoms with E-state index in [2.05, 4.69) is 59.8 Å². The van der Waals surface area contributed by atoms with Crippen LogP contribution in [0.1, 0.15) is 32.8 Å². The third kappa shape index (κ3) is 4.00. The van der Waals surface area contributed by atoms with E-state index in [1.807, 2.05) is 0 Å². The van der Waals surface area contributed by atoms with Crippen molar-refractivity contribution in [3.05, 3.63) is 28.2 Å². The van der Waals surface area contributed by atoms with Gasteiger partial charge < -0.3 is 10.6 Å². The largest absolute Gasteiger partial charge is 0.369 e. The van der Waals surface area contributed by atoms with E-state index in [0.29, 0.717) is 12.6 Å². The summed E-state index contributed by atoms with van der Waals surface area (Å²) in [7, 11) is 0. The van der Waals surface area contributed by atoms with Crippen LogP contribution in [-0.4, -0.2) is 19.1 Å². The smallest absolute Gasteiger partial charge is 0.0380 e. The van der Waals surface area contributed by atoms with Gasteiger partial charge in [-0.05, 0) is 50.9 Å². The Bertz CT molecular complexity index is 350. The zero-order chi connectivity index (χ0) is 12.8. The summed E-state index contributed by atoms with van der Waals surface area (Å²) in [5, 5.41) is 0. The summed E-state index contributed by atoms with van der Waals surface area (Å²) < 4.78 is 1.17. The molecule has 0 aliphatic rings. The van der Waals surface area contributed by atoms with Gasteiger partial charge in [0.1, 0.15) is 0 Å². The Hall–Kier alpha value is -0.540. The van der Waals surface area contributed by atoms with Crippen molar-refractivity contribution < 1.29 is 0 Å². The van der Waals surface area contributed by atoms with Crippen LogP contribution < -0.4 is 10.6 Å². The van der Waals surface area contributed by atoms with Gasteiger partial charge >= 0.3 is 0 Å². The van der Waals surface area contributed by atoms with Crippen LogP contribution in [0.5, 0.6) is 0 Å². The molecule has 2 nitrogen and oxygen atoms in total. The van der Waals surface area contributed by atoms with E-state index in [0.717, 1.165) is 13.0 Å². The van der Waals surface area contributed by atoms with E-state index in [4.69, 9.17) is 5.73 Å². The Morgan fingerprint density at radius 1 is 1.35 bits per heavy atom. The number of rotatable bonds is 6. The molecule has 0 atom stereocenters. The Kier molecular flexibility index (Phi) is 6.00. The van der Waals surface area contributed by atoms with Crippen LogP contribution in [0.25, 0.3) is 0 Å². The standard InChI is InChI=1S/C14H23BrN2/c1-4-9-17(11(2)3)13-6-5-12(7-8-16)14(15)10-13/h5-6,10-11H,4,7-9,16H2,1-3H3. The molecule has 2 N–H and O–H groups in total. The lowest BCUT2D eigenvalue weighted by atomic mass is 10.1.